The Hall–Kier alpha value is -1.75. The molecule has 0 aliphatic carbocycles. The first kappa shape index (κ1) is 10.8. The van der Waals surface area contributed by atoms with Crippen molar-refractivity contribution < 1.29 is 9.15 Å². The van der Waals surface area contributed by atoms with E-state index in [0.29, 0.717) is 12.5 Å². The lowest BCUT2D eigenvalue weighted by Crippen LogP contribution is -2.07. The number of aromatic nitrogens is 2. The molecule has 2 aromatic rings. The second-order valence-corrected chi connectivity index (χ2v) is 3.58. The third kappa shape index (κ3) is 2.43. The molecule has 2 aromatic heterocycles. The van der Waals surface area contributed by atoms with Gasteiger partial charge in [0.25, 0.3) is 0 Å². The molecule has 0 bridgehead atoms. The predicted octanol–water partition coefficient (Wildman–Crippen LogP) is 1.61. The van der Waals surface area contributed by atoms with Gasteiger partial charge in [0.1, 0.15) is 12.4 Å². The fraction of sp³-hybridized carbons (Fsp3) is 0.364. The van der Waals surface area contributed by atoms with Gasteiger partial charge < -0.3 is 14.5 Å². The number of ether oxygens (including phenoxy) is 1. The number of H-pyrrole nitrogens is 1. The predicted molar refractivity (Wildman–Crippen MR) is 59.1 cm³/mol. The zero-order valence-electron chi connectivity index (χ0n) is 9.41. The Labute approximate surface area is 93.8 Å². The fourth-order valence-electron chi connectivity index (χ4n) is 1.45. The van der Waals surface area contributed by atoms with Gasteiger partial charge >= 0.3 is 0 Å². The summed E-state index contributed by atoms with van der Waals surface area (Å²) in [6, 6.07) is 3.78. The SMILES string of the molecule is CNCc1ccoc1COc1cc(C)[nH]n1. The Bertz CT molecular complexity index is 448. The Balaban J connectivity index is 1.96. The Morgan fingerprint density at radius 1 is 1.56 bits per heavy atom. The zero-order valence-corrected chi connectivity index (χ0v) is 9.41. The van der Waals surface area contributed by atoms with E-state index in [2.05, 4.69) is 15.5 Å². The normalized spacial score (nSPS) is 10.6. The van der Waals surface area contributed by atoms with Crippen LogP contribution in [0.25, 0.3) is 0 Å². The third-order valence-corrected chi connectivity index (χ3v) is 2.24. The molecule has 5 heteroatoms. The summed E-state index contributed by atoms with van der Waals surface area (Å²) < 4.78 is 10.8. The number of nitrogens with zero attached hydrogens (tertiary/aromatic N) is 1. The van der Waals surface area contributed by atoms with E-state index < -0.39 is 0 Å². The molecule has 2 rings (SSSR count). The number of furan rings is 1. The highest BCUT2D eigenvalue weighted by molar-refractivity contribution is 5.18. The van der Waals surface area contributed by atoms with Crippen LogP contribution in [-0.4, -0.2) is 17.2 Å². The van der Waals surface area contributed by atoms with Gasteiger partial charge in [0, 0.05) is 23.9 Å². The zero-order chi connectivity index (χ0) is 11.4. The van der Waals surface area contributed by atoms with Crippen LogP contribution in [0.15, 0.2) is 22.8 Å². The molecule has 5 nitrogen and oxygen atoms in total. The second-order valence-electron chi connectivity index (χ2n) is 3.58. The molecule has 0 atom stereocenters. The minimum Gasteiger partial charge on any atom is -0.468 e. The summed E-state index contributed by atoms with van der Waals surface area (Å²) in [7, 11) is 1.90. The molecular weight excluding hydrogens is 206 g/mol. The van der Waals surface area contributed by atoms with Crippen molar-refractivity contribution in [3.63, 3.8) is 0 Å². The quantitative estimate of drug-likeness (QED) is 0.805. The van der Waals surface area contributed by atoms with E-state index >= 15 is 0 Å². The molecule has 2 N–H and O–H groups in total. The van der Waals surface area contributed by atoms with Crippen molar-refractivity contribution in [3.8, 4) is 5.88 Å². The van der Waals surface area contributed by atoms with E-state index in [1.54, 1.807) is 6.26 Å². The van der Waals surface area contributed by atoms with Crippen molar-refractivity contribution in [2.24, 2.45) is 0 Å². The van der Waals surface area contributed by atoms with Crippen molar-refractivity contribution in [1.29, 1.82) is 0 Å². The lowest BCUT2D eigenvalue weighted by atomic mass is 10.2. The van der Waals surface area contributed by atoms with Crippen molar-refractivity contribution in [1.82, 2.24) is 15.5 Å². The maximum Gasteiger partial charge on any atom is 0.233 e. The maximum absolute atomic E-state index is 5.49. The summed E-state index contributed by atoms with van der Waals surface area (Å²) in [6.45, 7) is 3.10. The van der Waals surface area contributed by atoms with Crippen molar-refractivity contribution in [3.05, 3.63) is 35.4 Å². The number of aromatic amines is 1. The number of hydrogen-bond donors (Lipinski definition) is 2. The second kappa shape index (κ2) is 4.85. The minimum absolute atomic E-state index is 0.397. The number of hydrogen-bond acceptors (Lipinski definition) is 4. The van der Waals surface area contributed by atoms with Crippen LogP contribution >= 0.6 is 0 Å². The summed E-state index contributed by atoms with van der Waals surface area (Å²) in [5.74, 6) is 1.42. The maximum atomic E-state index is 5.49. The molecular formula is C11H15N3O2. The molecule has 0 radical (unpaired) electrons. The Kier molecular flexibility index (Phi) is 3.26. The molecule has 2 heterocycles. The van der Waals surface area contributed by atoms with Crippen LogP contribution in [0.2, 0.25) is 0 Å². The average Bonchev–Trinajstić information content (AvgIpc) is 2.85. The largest absolute Gasteiger partial charge is 0.468 e. The van der Waals surface area contributed by atoms with Crippen molar-refractivity contribution >= 4 is 0 Å². The van der Waals surface area contributed by atoms with Crippen LogP contribution < -0.4 is 10.1 Å². The fourth-order valence-corrected chi connectivity index (χ4v) is 1.45. The van der Waals surface area contributed by atoms with Gasteiger partial charge in [-0.3, -0.25) is 5.10 Å². The van der Waals surface area contributed by atoms with Gasteiger partial charge in [0.2, 0.25) is 5.88 Å². The first-order valence-corrected chi connectivity index (χ1v) is 5.14. The molecule has 0 aliphatic heterocycles. The first-order valence-electron chi connectivity index (χ1n) is 5.14. The smallest absolute Gasteiger partial charge is 0.233 e. The highest BCUT2D eigenvalue weighted by Gasteiger charge is 2.07. The molecule has 0 unspecified atom stereocenters. The van der Waals surface area contributed by atoms with Crippen LogP contribution in [0.5, 0.6) is 5.88 Å². The first-order chi connectivity index (χ1) is 7.79. The summed E-state index contributed by atoms with van der Waals surface area (Å²) in [4.78, 5) is 0. The van der Waals surface area contributed by atoms with E-state index in [1.807, 2.05) is 26.1 Å². The van der Waals surface area contributed by atoms with Crippen LogP contribution in [0.3, 0.4) is 0 Å². The number of nitrogens with one attached hydrogen (secondary N) is 2. The van der Waals surface area contributed by atoms with E-state index in [9.17, 15) is 0 Å². The monoisotopic (exact) mass is 221 g/mol. The summed E-state index contributed by atoms with van der Waals surface area (Å²) in [6.07, 6.45) is 1.67. The van der Waals surface area contributed by atoms with Gasteiger partial charge in [-0.1, -0.05) is 0 Å². The molecule has 0 saturated heterocycles. The molecule has 0 aromatic carbocycles. The third-order valence-electron chi connectivity index (χ3n) is 2.24. The van der Waals surface area contributed by atoms with Crippen LogP contribution in [-0.2, 0) is 13.2 Å². The molecule has 0 amide bonds. The molecule has 0 aliphatic rings. The molecule has 86 valence electrons. The van der Waals surface area contributed by atoms with Gasteiger partial charge in [-0.05, 0) is 20.0 Å². The van der Waals surface area contributed by atoms with Crippen LogP contribution in [0, 0.1) is 6.92 Å². The van der Waals surface area contributed by atoms with Gasteiger partial charge in [0.15, 0.2) is 0 Å². The molecule has 0 spiro atoms. The number of rotatable bonds is 5. The highest BCUT2D eigenvalue weighted by atomic mass is 16.5. The lowest BCUT2D eigenvalue weighted by molar-refractivity contribution is 0.258. The van der Waals surface area contributed by atoms with E-state index in [1.165, 1.54) is 0 Å². The van der Waals surface area contributed by atoms with E-state index in [0.717, 1.165) is 23.6 Å². The Morgan fingerprint density at radius 2 is 2.44 bits per heavy atom. The summed E-state index contributed by atoms with van der Waals surface area (Å²) in [5, 5.41) is 9.88. The molecule has 0 saturated carbocycles. The Morgan fingerprint density at radius 3 is 3.12 bits per heavy atom. The van der Waals surface area contributed by atoms with E-state index in [4.69, 9.17) is 9.15 Å². The number of aryl methyl sites for hydroxylation is 1. The average molecular weight is 221 g/mol. The lowest BCUT2D eigenvalue weighted by Gasteiger charge is -2.02. The highest BCUT2D eigenvalue weighted by Crippen LogP contribution is 2.14. The van der Waals surface area contributed by atoms with Crippen molar-refractivity contribution in [2.75, 3.05) is 7.05 Å². The van der Waals surface area contributed by atoms with Gasteiger partial charge in [-0.15, -0.1) is 5.10 Å². The van der Waals surface area contributed by atoms with Crippen molar-refractivity contribution in [2.45, 2.75) is 20.1 Å². The topological polar surface area (TPSA) is 63.1 Å². The van der Waals surface area contributed by atoms with Gasteiger partial charge in [0.05, 0.1) is 6.26 Å². The minimum atomic E-state index is 0.397. The summed E-state index contributed by atoms with van der Waals surface area (Å²) in [5.41, 5.74) is 2.08. The summed E-state index contributed by atoms with van der Waals surface area (Å²) >= 11 is 0. The molecule has 16 heavy (non-hydrogen) atoms. The molecule has 0 fully saturated rings. The van der Waals surface area contributed by atoms with E-state index in [-0.39, 0.29) is 0 Å². The van der Waals surface area contributed by atoms with Crippen LogP contribution in [0.1, 0.15) is 17.0 Å². The van der Waals surface area contributed by atoms with Crippen LogP contribution in [0.4, 0.5) is 0 Å². The van der Waals surface area contributed by atoms with Gasteiger partial charge in [-0.2, -0.15) is 0 Å². The van der Waals surface area contributed by atoms with Gasteiger partial charge in [-0.25, -0.2) is 0 Å². The standard InChI is InChI=1S/C11H15N3O2/c1-8-5-11(14-13-8)16-7-10-9(6-12-2)3-4-15-10/h3-5,12H,6-7H2,1-2H3,(H,13,14).